The standard InChI is InChI=1S/C13H18N6O/c1-3-10-6-9(7-11(17-10)18-14)13(20)16-8-12-15-4-5-19(12)2/h4-7H,3,8,14H2,1-2H3,(H,16,20)(H,17,18). The SMILES string of the molecule is CCc1cc(C(=O)NCc2nccn2C)cc(NN)n1. The van der Waals surface area contributed by atoms with Crippen molar-refractivity contribution >= 4 is 11.7 Å². The number of carbonyl (C=O) groups excluding carboxylic acids is 1. The number of pyridine rings is 1. The van der Waals surface area contributed by atoms with E-state index in [9.17, 15) is 4.79 Å². The van der Waals surface area contributed by atoms with E-state index < -0.39 is 0 Å². The first-order valence-electron chi connectivity index (χ1n) is 6.36. The average Bonchev–Trinajstić information content (AvgIpc) is 2.89. The normalized spacial score (nSPS) is 10.3. The summed E-state index contributed by atoms with van der Waals surface area (Å²) >= 11 is 0. The van der Waals surface area contributed by atoms with Gasteiger partial charge in [0.15, 0.2) is 0 Å². The van der Waals surface area contributed by atoms with Gasteiger partial charge in [-0.3, -0.25) is 4.79 Å². The summed E-state index contributed by atoms with van der Waals surface area (Å²) in [5, 5.41) is 2.83. The number of imidazole rings is 1. The second-order valence-corrected chi connectivity index (χ2v) is 4.37. The van der Waals surface area contributed by atoms with E-state index in [-0.39, 0.29) is 5.91 Å². The predicted octanol–water partition coefficient (Wildman–Crippen LogP) is 0.593. The highest BCUT2D eigenvalue weighted by Gasteiger charge is 2.10. The van der Waals surface area contributed by atoms with Crippen molar-refractivity contribution in [1.29, 1.82) is 0 Å². The summed E-state index contributed by atoms with van der Waals surface area (Å²) in [6.07, 6.45) is 4.26. The Morgan fingerprint density at radius 3 is 2.85 bits per heavy atom. The fraction of sp³-hybridized carbons (Fsp3) is 0.308. The van der Waals surface area contributed by atoms with Crippen LogP contribution in [-0.2, 0) is 20.0 Å². The number of nitrogens with one attached hydrogen (secondary N) is 2. The van der Waals surface area contributed by atoms with Crippen LogP contribution in [0.4, 0.5) is 5.82 Å². The molecule has 0 saturated carbocycles. The summed E-state index contributed by atoms with van der Waals surface area (Å²) < 4.78 is 1.86. The van der Waals surface area contributed by atoms with Crippen molar-refractivity contribution < 1.29 is 4.79 Å². The highest BCUT2D eigenvalue weighted by Crippen LogP contribution is 2.10. The fourth-order valence-electron chi connectivity index (χ4n) is 1.80. The zero-order chi connectivity index (χ0) is 14.5. The minimum absolute atomic E-state index is 0.179. The molecule has 4 N–H and O–H groups in total. The van der Waals surface area contributed by atoms with Crippen molar-refractivity contribution in [2.45, 2.75) is 19.9 Å². The van der Waals surface area contributed by atoms with Crippen molar-refractivity contribution in [3.05, 3.63) is 41.6 Å². The largest absolute Gasteiger partial charge is 0.345 e. The van der Waals surface area contributed by atoms with E-state index >= 15 is 0 Å². The fourth-order valence-corrected chi connectivity index (χ4v) is 1.80. The number of hydrogen-bond donors (Lipinski definition) is 3. The molecule has 0 aliphatic heterocycles. The lowest BCUT2D eigenvalue weighted by Crippen LogP contribution is -2.25. The maximum atomic E-state index is 12.1. The number of anilines is 1. The Hall–Kier alpha value is -2.41. The van der Waals surface area contributed by atoms with Gasteiger partial charge >= 0.3 is 0 Å². The molecule has 0 atom stereocenters. The van der Waals surface area contributed by atoms with Gasteiger partial charge in [0.2, 0.25) is 0 Å². The second kappa shape index (κ2) is 6.16. The molecule has 0 radical (unpaired) electrons. The van der Waals surface area contributed by atoms with Crippen LogP contribution in [0.25, 0.3) is 0 Å². The Balaban J connectivity index is 2.10. The highest BCUT2D eigenvalue weighted by molar-refractivity contribution is 5.94. The molecule has 20 heavy (non-hydrogen) atoms. The van der Waals surface area contributed by atoms with Gasteiger partial charge in [0.05, 0.1) is 6.54 Å². The molecule has 2 rings (SSSR count). The lowest BCUT2D eigenvalue weighted by molar-refractivity contribution is 0.0949. The van der Waals surface area contributed by atoms with E-state index in [0.717, 1.165) is 17.9 Å². The van der Waals surface area contributed by atoms with Gasteiger partial charge in [-0.2, -0.15) is 0 Å². The van der Waals surface area contributed by atoms with E-state index in [1.165, 1.54) is 0 Å². The van der Waals surface area contributed by atoms with Crippen LogP contribution in [0.3, 0.4) is 0 Å². The van der Waals surface area contributed by atoms with Gasteiger partial charge in [0.1, 0.15) is 11.6 Å². The lowest BCUT2D eigenvalue weighted by atomic mass is 10.2. The summed E-state index contributed by atoms with van der Waals surface area (Å²) in [6, 6.07) is 3.38. The first kappa shape index (κ1) is 14.0. The van der Waals surface area contributed by atoms with Gasteiger partial charge in [0, 0.05) is 30.7 Å². The number of nitrogens with zero attached hydrogens (tertiary/aromatic N) is 3. The molecule has 0 bridgehead atoms. The summed E-state index contributed by atoms with van der Waals surface area (Å²) in [5.41, 5.74) is 3.80. The van der Waals surface area contributed by atoms with Crippen LogP contribution >= 0.6 is 0 Å². The van der Waals surface area contributed by atoms with Crippen molar-refractivity contribution in [2.75, 3.05) is 5.43 Å². The summed E-state index contributed by atoms with van der Waals surface area (Å²) in [5.74, 6) is 6.45. The third kappa shape index (κ3) is 3.12. The molecule has 0 aliphatic carbocycles. The Morgan fingerprint density at radius 2 is 2.25 bits per heavy atom. The van der Waals surface area contributed by atoms with Gasteiger partial charge < -0.3 is 15.3 Å². The van der Waals surface area contributed by atoms with Gasteiger partial charge in [-0.25, -0.2) is 15.8 Å². The Bertz CT molecular complexity index is 584. The third-order valence-electron chi connectivity index (χ3n) is 2.98. The number of hydrazine groups is 1. The van der Waals surface area contributed by atoms with Crippen LogP contribution in [-0.4, -0.2) is 20.4 Å². The Labute approximate surface area is 117 Å². The highest BCUT2D eigenvalue weighted by atomic mass is 16.1. The monoisotopic (exact) mass is 274 g/mol. The maximum Gasteiger partial charge on any atom is 0.251 e. The number of aryl methyl sites for hydroxylation is 2. The minimum Gasteiger partial charge on any atom is -0.345 e. The molecule has 106 valence electrons. The van der Waals surface area contributed by atoms with Crippen LogP contribution in [0.5, 0.6) is 0 Å². The molecule has 7 heteroatoms. The molecule has 2 aromatic heterocycles. The molecule has 0 aromatic carbocycles. The van der Waals surface area contributed by atoms with Crippen LogP contribution in [0.2, 0.25) is 0 Å². The molecule has 0 fully saturated rings. The molecular weight excluding hydrogens is 256 g/mol. The lowest BCUT2D eigenvalue weighted by Gasteiger charge is -2.08. The van der Waals surface area contributed by atoms with E-state index in [0.29, 0.717) is 17.9 Å². The van der Waals surface area contributed by atoms with Crippen molar-refractivity contribution in [3.8, 4) is 0 Å². The van der Waals surface area contributed by atoms with Crippen molar-refractivity contribution in [1.82, 2.24) is 19.9 Å². The third-order valence-corrected chi connectivity index (χ3v) is 2.98. The Kier molecular flexibility index (Phi) is 4.31. The molecule has 1 amide bonds. The predicted molar refractivity (Wildman–Crippen MR) is 75.8 cm³/mol. The maximum absolute atomic E-state index is 12.1. The summed E-state index contributed by atoms with van der Waals surface area (Å²) in [6.45, 7) is 2.34. The van der Waals surface area contributed by atoms with E-state index in [4.69, 9.17) is 5.84 Å². The van der Waals surface area contributed by atoms with E-state index in [2.05, 4.69) is 20.7 Å². The molecule has 7 nitrogen and oxygen atoms in total. The molecule has 2 heterocycles. The van der Waals surface area contributed by atoms with Crippen LogP contribution in [0.15, 0.2) is 24.5 Å². The molecule has 2 aromatic rings. The summed E-state index contributed by atoms with van der Waals surface area (Å²) in [4.78, 5) is 20.5. The quantitative estimate of drug-likeness (QED) is 0.547. The summed E-state index contributed by atoms with van der Waals surface area (Å²) in [7, 11) is 1.88. The average molecular weight is 274 g/mol. The number of amides is 1. The zero-order valence-electron chi connectivity index (χ0n) is 11.6. The molecule has 0 unspecified atom stereocenters. The van der Waals surface area contributed by atoms with Crippen LogP contribution in [0.1, 0.15) is 28.8 Å². The first-order valence-corrected chi connectivity index (χ1v) is 6.36. The van der Waals surface area contributed by atoms with Crippen LogP contribution in [0, 0.1) is 0 Å². The van der Waals surface area contributed by atoms with Gasteiger partial charge in [-0.15, -0.1) is 0 Å². The number of aromatic nitrogens is 3. The van der Waals surface area contributed by atoms with Crippen molar-refractivity contribution in [2.24, 2.45) is 12.9 Å². The number of nitrogen functional groups attached to an aromatic ring is 1. The second-order valence-electron chi connectivity index (χ2n) is 4.37. The minimum atomic E-state index is -0.179. The molecule has 0 aliphatic rings. The molecular formula is C13H18N6O. The van der Waals surface area contributed by atoms with Gasteiger partial charge in [0.25, 0.3) is 5.91 Å². The zero-order valence-corrected chi connectivity index (χ0v) is 11.6. The van der Waals surface area contributed by atoms with E-state index in [1.807, 2.05) is 24.7 Å². The smallest absolute Gasteiger partial charge is 0.251 e. The molecule has 0 spiro atoms. The van der Waals surface area contributed by atoms with Crippen LogP contribution < -0.4 is 16.6 Å². The Morgan fingerprint density at radius 1 is 1.45 bits per heavy atom. The van der Waals surface area contributed by atoms with Crippen molar-refractivity contribution in [3.63, 3.8) is 0 Å². The van der Waals surface area contributed by atoms with Gasteiger partial charge in [-0.1, -0.05) is 6.92 Å². The number of nitrogens with two attached hydrogens (primary N) is 1. The van der Waals surface area contributed by atoms with Gasteiger partial charge in [-0.05, 0) is 18.6 Å². The number of carbonyl (C=O) groups is 1. The first-order chi connectivity index (χ1) is 9.63. The molecule has 0 saturated heterocycles. The topological polar surface area (TPSA) is 97.9 Å². The number of rotatable bonds is 5. The number of hydrogen-bond acceptors (Lipinski definition) is 5. The van der Waals surface area contributed by atoms with E-state index in [1.54, 1.807) is 18.3 Å².